The lowest BCUT2D eigenvalue weighted by Gasteiger charge is -2.21. The highest BCUT2D eigenvalue weighted by atomic mass is 35.5. The van der Waals surface area contributed by atoms with Gasteiger partial charge in [0.1, 0.15) is 0 Å². The van der Waals surface area contributed by atoms with Gasteiger partial charge in [-0.25, -0.2) is 0 Å². The molecule has 1 amide bonds. The molecule has 0 aromatic heterocycles. The summed E-state index contributed by atoms with van der Waals surface area (Å²) in [4.78, 5) is 11.6. The van der Waals surface area contributed by atoms with Crippen molar-refractivity contribution in [2.45, 2.75) is 13.3 Å². The van der Waals surface area contributed by atoms with Crippen molar-refractivity contribution in [2.75, 3.05) is 19.6 Å². The molecule has 1 aliphatic heterocycles. The molecule has 0 aliphatic carbocycles. The number of carbonyl (C=O) groups is 1. The first-order valence-corrected chi connectivity index (χ1v) is 4.75. The van der Waals surface area contributed by atoms with E-state index < -0.39 is 0 Å². The van der Waals surface area contributed by atoms with E-state index in [1.807, 2.05) is 6.92 Å². The molecule has 0 aromatic carbocycles. The van der Waals surface area contributed by atoms with Gasteiger partial charge in [-0.3, -0.25) is 4.79 Å². The molecule has 0 radical (unpaired) electrons. The Bertz CT molecular complexity index is 222. The van der Waals surface area contributed by atoms with Crippen molar-refractivity contribution in [3.05, 3.63) is 11.6 Å². The van der Waals surface area contributed by atoms with Gasteiger partial charge in [-0.1, -0.05) is 18.2 Å². The van der Waals surface area contributed by atoms with Gasteiger partial charge in [-0.15, -0.1) is 0 Å². The number of halogens is 1. The van der Waals surface area contributed by atoms with E-state index in [4.69, 9.17) is 11.6 Å². The third-order valence-electron chi connectivity index (χ3n) is 2.36. The van der Waals surface area contributed by atoms with Crippen LogP contribution < -0.4 is 10.6 Å². The van der Waals surface area contributed by atoms with Crippen molar-refractivity contribution < 1.29 is 4.79 Å². The van der Waals surface area contributed by atoms with Gasteiger partial charge in [0.25, 0.3) is 0 Å². The standard InChI is InChI=1S/C9H15ClN2O/c1-7(10)5-12-8(13)9(2)3-4-11-6-9/h11H,1,3-6H2,2H3,(H,12,13). The molecule has 1 aliphatic rings. The fourth-order valence-corrected chi connectivity index (χ4v) is 1.47. The fraction of sp³-hybridized carbons (Fsp3) is 0.667. The van der Waals surface area contributed by atoms with Gasteiger partial charge in [-0.05, 0) is 19.9 Å². The van der Waals surface area contributed by atoms with Crippen molar-refractivity contribution in [1.29, 1.82) is 0 Å². The van der Waals surface area contributed by atoms with Crippen LogP contribution in [0, 0.1) is 5.41 Å². The Kier molecular flexibility index (Phi) is 3.33. The highest BCUT2D eigenvalue weighted by Crippen LogP contribution is 2.24. The Balaban J connectivity index is 2.42. The molecule has 1 atom stereocenters. The summed E-state index contributed by atoms with van der Waals surface area (Å²) in [5.74, 6) is 0.0549. The van der Waals surface area contributed by atoms with Crippen LogP contribution in [0.15, 0.2) is 11.6 Å². The van der Waals surface area contributed by atoms with Crippen LogP contribution in [0.3, 0.4) is 0 Å². The third-order valence-corrected chi connectivity index (χ3v) is 2.49. The molecule has 1 fully saturated rings. The summed E-state index contributed by atoms with van der Waals surface area (Å²) in [7, 11) is 0. The second-order valence-electron chi connectivity index (χ2n) is 3.69. The van der Waals surface area contributed by atoms with Gasteiger partial charge in [-0.2, -0.15) is 0 Å². The van der Waals surface area contributed by atoms with Gasteiger partial charge >= 0.3 is 0 Å². The molecule has 0 bridgehead atoms. The third kappa shape index (κ3) is 2.71. The summed E-state index contributed by atoms with van der Waals surface area (Å²) in [6.07, 6.45) is 0.883. The Labute approximate surface area is 83.5 Å². The molecule has 1 saturated heterocycles. The van der Waals surface area contributed by atoms with Crippen LogP contribution in [0.5, 0.6) is 0 Å². The van der Waals surface area contributed by atoms with Crippen molar-refractivity contribution in [3.63, 3.8) is 0 Å². The Morgan fingerprint density at radius 3 is 2.92 bits per heavy atom. The van der Waals surface area contributed by atoms with Crippen LogP contribution in [0.1, 0.15) is 13.3 Å². The van der Waals surface area contributed by atoms with E-state index in [0.717, 1.165) is 19.5 Å². The average molecular weight is 203 g/mol. The predicted molar refractivity (Wildman–Crippen MR) is 53.6 cm³/mol. The zero-order valence-corrected chi connectivity index (χ0v) is 8.58. The number of nitrogens with one attached hydrogen (secondary N) is 2. The Morgan fingerprint density at radius 2 is 2.46 bits per heavy atom. The molecular formula is C9H15ClN2O. The molecule has 2 N–H and O–H groups in total. The molecule has 74 valence electrons. The Morgan fingerprint density at radius 1 is 1.77 bits per heavy atom. The summed E-state index contributed by atoms with van der Waals surface area (Å²) < 4.78 is 0. The highest BCUT2D eigenvalue weighted by molar-refractivity contribution is 6.29. The second-order valence-corrected chi connectivity index (χ2v) is 4.22. The summed E-state index contributed by atoms with van der Waals surface area (Å²) in [5.41, 5.74) is -0.271. The van der Waals surface area contributed by atoms with Crippen molar-refractivity contribution in [3.8, 4) is 0 Å². The van der Waals surface area contributed by atoms with Crippen LogP contribution in [-0.2, 0) is 4.79 Å². The highest BCUT2D eigenvalue weighted by Gasteiger charge is 2.35. The number of amides is 1. The monoisotopic (exact) mass is 202 g/mol. The SMILES string of the molecule is C=C(Cl)CNC(=O)C1(C)CCNC1. The van der Waals surface area contributed by atoms with E-state index in [2.05, 4.69) is 17.2 Å². The maximum absolute atomic E-state index is 11.6. The number of hydrogen-bond donors (Lipinski definition) is 2. The van der Waals surface area contributed by atoms with Crippen LogP contribution in [0.4, 0.5) is 0 Å². The van der Waals surface area contributed by atoms with Crippen molar-refractivity contribution in [1.82, 2.24) is 10.6 Å². The van der Waals surface area contributed by atoms with Crippen molar-refractivity contribution >= 4 is 17.5 Å². The first-order valence-electron chi connectivity index (χ1n) is 4.37. The zero-order valence-electron chi connectivity index (χ0n) is 7.82. The number of hydrogen-bond acceptors (Lipinski definition) is 2. The van der Waals surface area contributed by atoms with E-state index in [9.17, 15) is 4.79 Å². The smallest absolute Gasteiger partial charge is 0.227 e. The lowest BCUT2D eigenvalue weighted by Crippen LogP contribution is -2.40. The van der Waals surface area contributed by atoms with Crippen LogP contribution in [0.2, 0.25) is 0 Å². The van der Waals surface area contributed by atoms with E-state index >= 15 is 0 Å². The minimum absolute atomic E-state index is 0.0549. The van der Waals surface area contributed by atoms with Gasteiger partial charge in [0.2, 0.25) is 5.91 Å². The maximum atomic E-state index is 11.6. The topological polar surface area (TPSA) is 41.1 Å². The predicted octanol–water partition coefficient (Wildman–Crippen LogP) is 0.855. The largest absolute Gasteiger partial charge is 0.351 e. The van der Waals surface area contributed by atoms with Crippen molar-refractivity contribution in [2.24, 2.45) is 5.41 Å². The van der Waals surface area contributed by atoms with Gasteiger partial charge in [0.15, 0.2) is 0 Å². The molecule has 3 nitrogen and oxygen atoms in total. The lowest BCUT2D eigenvalue weighted by atomic mass is 9.89. The van der Waals surface area contributed by atoms with Crippen LogP contribution in [-0.4, -0.2) is 25.5 Å². The first-order chi connectivity index (χ1) is 6.04. The summed E-state index contributed by atoms with van der Waals surface area (Å²) in [6.45, 7) is 7.48. The second kappa shape index (κ2) is 4.11. The summed E-state index contributed by atoms with van der Waals surface area (Å²) in [5, 5.41) is 6.38. The molecule has 13 heavy (non-hydrogen) atoms. The quantitative estimate of drug-likeness (QED) is 0.713. The fourth-order valence-electron chi connectivity index (χ4n) is 1.40. The molecule has 0 saturated carbocycles. The molecule has 1 rings (SSSR count). The summed E-state index contributed by atoms with van der Waals surface area (Å²) in [6, 6.07) is 0. The normalized spacial score (nSPS) is 27.2. The molecule has 0 spiro atoms. The molecule has 1 unspecified atom stereocenters. The van der Waals surface area contributed by atoms with E-state index in [1.165, 1.54) is 0 Å². The molecule has 4 heteroatoms. The number of rotatable bonds is 3. The van der Waals surface area contributed by atoms with Crippen LogP contribution in [0.25, 0.3) is 0 Å². The zero-order chi connectivity index (χ0) is 9.90. The minimum atomic E-state index is -0.271. The van der Waals surface area contributed by atoms with Gasteiger partial charge in [0.05, 0.1) is 12.0 Å². The molecular weight excluding hydrogens is 188 g/mol. The average Bonchev–Trinajstić information content (AvgIpc) is 2.49. The van der Waals surface area contributed by atoms with Gasteiger partial charge in [0, 0.05) is 11.6 Å². The minimum Gasteiger partial charge on any atom is -0.351 e. The molecule has 1 heterocycles. The summed E-state index contributed by atoms with van der Waals surface area (Å²) >= 11 is 5.55. The number of carbonyl (C=O) groups excluding carboxylic acids is 1. The maximum Gasteiger partial charge on any atom is 0.227 e. The van der Waals surface area contributed by atoms with Crippen LogP contribution >= 0.6 is 11.6 Å². The molecule has 0 aromatic rings. The van der Waals surface area contributed by atoms with E-state index in [0.29, 0.717) is 11.6 Å². The first kappa shape index (κ1) is 10.5. The van der Waals surface area contributed by atoms with E-state index in [-0.39, 0.29) is 11.3 Å². The lowest BCUT2D eigenvalue weighted by molar-refractivity contribution is -0.129. The van der Waals surface area contributed by atoms with Gasteiger partial charge < -0.3 is 10.6 Å². The van der Waals surface area contributed by atoms with E-state index in [1.54, 1.807) is 0 Å². The Hall–Kier alpha value is -0.540.